The van der Waals surface area contributed by atoms with Gasteiger partial charge in [-0.3, -0.25) is 9.79 Å². The highest BCUT2D eigenvalue weighted by Gasteiger charge is 2.38. The van der Waals surface area contributed by atoms with Gasteiger partial charge in [0, 0.05) is 60.4 Å². The average Bonchev–Trinajstić information content (AvgIpc) is 3.04. The number of aromatic hydroxyl groups is 2. The molecule has 0 saturated carbocycles. The number of methoxy groups -OCH3 is 1. The van der Waals surface area contributed by atoms with E-state index in [-0.39, 0.29) is 65.9 Å². The largest absolute Gasteiger partial charge is 0.504 e. The second-order valence-electron chi connectivity index (χ2n) is 12.8. The number of aliphatic hydroxyl groups excluding tert-OH is 2. The molecule has 0 saturated heterocycles. The summed E-state index contributed by atoms with van der Waals surface area (Å²) in [6.07, 6.45) is -0.00650. The van der Waals surface area contributed by atoms with Gasteiger partial charge in [-0.05, 0) is 54.7 Å². The van der Waals surface area contributed by atoms with Gasteiger partial charge in [-0.1, -0.05) is 59.4 Å². The number of hydrogen-bond acceptors (Lipinski definition) is 12. The minimum absolute atomic E-state index is 0.0172. The van der Waals surface area contributed by atoms with Gasteiger partial charge >= 0.3 is 0 Å². The molecule has 10 nitrogen and oxygen atoms in total. The van der Waals surface area contributed by atoms with E-state index in [0.29, 0.717) is 55.2 Å². The van der Waals surface area contributed by atoms with Gasteiger partial charge in [-0.25, -0.2) is 0 Å². The van der Waals surface area contributed by atoms with Gasteiger partial charge in [-0.15, -0.1) is 0 Å². The highest BCUT2D eigenvalue weighted by atomic mass is 33.1. The van der Waals surface area contributed by atoms with Crippen LogP contribution in [0.1, 0.15) is 60.9 Å². The maximum atomic E-state index is 12.9. The summed E-state index contributed by atoms with van der Waals surface area (Å²) in [6.45, 7) is 4.71. The zero-order valence-electron chi connectivity index (χ0n) is 27.1. The van der Waals surface area contributed by atoms with Gasteiger partial charge in [0.15, 0.2) is 29.0 Å². The summed E-state index contributed by atoms with van der Waals surface area (Å²) < 4.78 is 11.5. The van der Waals surface area contributed by atoms with E-state index in [1.54, 1.807) is 27.7 Å². The van der Waals surface area contributed by atoms with E-state index in [2.05, 4.69) is 36.0 Å². The lowest BCUT2D eigenvalue weighted by atomic mass is 9.81. The summed E-state index contributed by atoms with van der Waals surface area (Å²) in [7, 11) is 4.97. The first-order chi connectivity index (χ1) is 22.5. The van der Waals surface area contributed by atoms with Crippen molar-refractivity contribution in [2.24, 2.45) is 28.5 Å². The van der Waals surface area contributed by atoms with Crippen molar-refractivity contribution < 1.29 is 34.7 Å². The number of aryl methyl sites for hydroxylation is 2. The summed E-state index contributed by atoms with van der Waals surface area (Å²) in [5.41, 5.74) is 9.64. The van der Waals surface area contributed by atoms with Crippen LogP contribution < -0.4 is 20.5 Å². The Morgan fingerprint density at radius 1 is 1.09 bits per heavy atom. The topological polar surface area (TPSA) is 167 Å². The third-order valence-electron chi connectivity index (χ3n) is 9.23. The molecule has 2 aromatic rings. The van der Waals surface area contributed by atoms with E-state index in [4.69, 9.17) is 15.2 Å². The van der Waals surface area contributed by atoms with Crippen LogP contribution >= 0.6 is 21.6 Å². The Balaban J connectivity index is 1.49. The molecule has 2 aliphatic heterocycles. The number of benzene rings is 2. The van der Waals surface area contributed by atoms with Crippen LogP contribution in [-0.4, -0.2) is 75.8 Å². The number of rotatable bonds is 3. The number of guanidine groups is 1. The van der Waals surface area contributed by atoms with Gasteiger partial charge in [-0.2, -0.15) is 0 Å². The molecule has 12 heteroatoms. The molecular formula is C35H45N3O7S2. The fourth-order valence-electron chi connectivity index (χ4n) is 6.33. The van der Waals surface area contributed by atoms with Crippen molar-refractivity contribution in [1.82, 2.24) is 5.32 Å². The van der Waals surface area contributed by atoms with Crippen molar-refractivity contribution in [3.63, 3.8) is 0 Å². The number of ether oxygens (including phenoxy) is 2. The molecule has 0 spiro atoms. The number of phenolic OH excluding ortho intramolecular Hbond substituents is 2. The van der Waals surface area contributed by atoms with Gasteiger partial charge in [0.1, 0.15) is 5.78 Å². The van der Waals surface area contributed by atoms with Crippen molar-refractivity contribution in [1.29, 1.82) is 0 Å². The predicted octanol–water partition coefficient (Wildman–Crippen LogP) is 3.71. The summed E-state index contributed by atoms with van der Waals surface area (Å²) in [6, 6.07) is 5.33. The van der Waals surface area contributed by atoms with Crippen LogP contribution in [0.5, 0.6) is 23.0 Å². The Morgan fingerprint density at radius 2 is 1.87 bits per heavy atom. The molecule has 1 aliphatic carbocycles. The van der Waals surface area contributed by atoms with Gasteiger partial charge in [0.05, 0.1) is 18.8 Å². The molecule has 47 heavy (non-hydrogen) atoms. The molecule has 0 unspecified atom stereocenters. The van der Waals surface area contributed by atoms with Crippen LogP contribution in [0.25, 0.3) is 0 Å². The van der Waals surface area contributed by atoms with Gasteiger partial charge < -0.3 is 41.0 Å². The van der Waals surface area contributed by atoms with E-state index in [1.807, 2.05) is 6.07 Å². The van der Waals surface area contributed by atoms with Crippen LogP contribution in [0, 0.1) is 29.6 Å². The Morgan fingerprint density at radius 3 is 2.64 bits per heavy atom. The lowest BCUT2D eigenvalue weighted by molar-refractivity contribution is -0.121. The minimum atomic E-state index is -1.18. The summed E-state index contributed by atoms with van der Waals surface area (Å²) in [4.78, 5) is 17.5. The molecule has 0 radical (unpaired) electrons. The number of phenols is 2. The molecule has 0 amide bonds. The fourth-order valence-corrected chi connectivity index (χ4v) is 9.21. The van der Waals surface area contributed by atoms with Crippen LogP contribution in [0.4, 0.5) is 0 Å². The van der Waals surface area contributed by atoms with Crippen LogP contribution in [-0.2, 0) is 30.5 Å². The molecular weight excluding hydrogens is 639 g/mol. The third-order valence-corrected chi connectivity index (χ3v) is 11.8. The molecule has 0 fully saturated rings. The van der Waals surface area contributed by atoms with Crippen molar-refractivity contribution in [2.75, 3.05) is 25.2 Å². The lowest BCUT2D eigenvalue weighted by Crippen LogP contribution is -2.45. The summed E-state index contributed by atoms with van der Waals surface area (Å²) in [5, 5.41) is 47.3. The summed E-state index contributed by atoms with van der Waals surface area (Å²) >= 11 is 0. The molecule has 2 aromatic carbocycles. The first-order valence-electron chi connectivity index (χ1n) is 16.1. The van der Waals surface area contributed by atoms with Crippen molar-refractivity contribution in [3.05, 3.63) is 46.0 Å². The Labute approximate surface area is 284 Å². The average molecular weight is 684 g/mol. The second-order valence-corrected chi connectivity index (χ2v) is 15.4. The Bertz CT molecular complexity index is 1550. The number of fused-ring (bicyclic) bond motifs is 5. The first kappa shape index (κ1) is 35.1. The number of nitrogens with zero attached hydrogens (tertiary/aromatic N) is 1. The minimum Gasteiger partial charge on any atom is -0.504 e. The molecule has 0 aromatic heterocycles. The van der Waals surface area contributed by atoms with Crippen LogP contribution in [0.2, 0.25) is 0 Å². The number of Topliss-reactive ketones (excluding diaryl/α,β-unsaturated/α-hetero) is 1. The standard InChI is InChI=1S/C35H45N3O7S2/c1-19(2)29-18-47-46-17-23(16-37-35(36)38-29)28-15-27-21-8-11-25(40)14-24(39)10-7-20-9-12-30(41)32(44-3)26(20)6-4-5-22(13-21)31(42)33(27)45-34(28)43/h9,12-13,19,23,25,28-29,34,40-43H,5,7-8,10-11,14-18H2,1-3H3,(H3,36,37,38)/t23-,25-,28-,29+,34+/m1/s1. The second kappa shape index (κ2) is 15.8. The Hall–Kier alpha value is -3.24. The van der Waals surface area contributed by atoms with Crippen molar-refractivity contribution in [2.45, 2.75) is 77.2 Å². The fraction of sp³-hybridized carbons (Fsp3) is 0.543. The van der Waals surface area contributed by atoms with E-state index in [9.17, 15) is 25.2 Å². The molecule has 5 rings (SSSR count). The number of aliphatic imine (C=N–C) groups is 1. The molecule has 2 bridgehead atoms. The first-order valence-corrected chi connectivity index (χ1v) is 18.6. The maximum absolute atomic E-state index is 12.9. The van der Waals surface area contributed by atoms with Gasteiger partial charge in [0.2, 0.25) is 6.29 Å². The number of hydrogen-bond donors (Lipinski definition) is 6. The molecule has 2 heterocycles. The van der Waals surface area contributed by atoms with E-state index in [0.717, 1.165) is 28.2 Å². The zero-order valence-corrected chi connectivity index (χ0v) is 28.8. The highest BCUT2D eigenvalue weighted by molar-refractivity contribution is 8.76. The normalized spacial score (nSPS) is 25.7. The van der Waals surface area contributed by atoms with E-state index >= 15 is 0 Å². The zero-order chi connectivity index (χ0) is 33.7. The van der Waals surface area contributed by atoms with E-state index in [1.165, 1.54) is 13.2 Å². The number of ketones is 1. The molecule has 3 aliphatic rings. The van der Waals surface area contributed by atoms with Crippen LogP contribution in [0.3, 0.4) is 0 Å². The number of carbonyl (C=O) groups excluding carboxylic acids is 1. The highest BCUT2D eigenvalue weighted by Crippen LogP contribution is 2.45. The lowest BCUT2D eigenvalue weighted by Gasteiger charge is -2.37. The molecule has 254 valence electrons. The maximum Gasteiger partial charge on any atom is 0.201 e. The predicted molar refractivity (Wildman–Crippen MR) is 186 cm³/mol. The number of carbonyl (C=O) groups is 1. The number of aliphatic hydroxyl groups is 2. The van der Waals surface area contributed by atoms with Gasteiger partial charge in [0.25, 0.3) is 0 Å². The Kier molecular flexibility index (Phi) is 11.8. The molecule has 5 atom stereocenters. The third kappa shape index (κ3) is 8.44. The quantitative estimate of drug-likeness (QED) is 0.206. The SMILES string of the molecule is COc1c(O)ccc2c1C#CCc1cc(c3c(c1O)O[C@H](O)[C@@H]([C@@H]1CN=C(N)N[C@H](C(C)C)CSSC1)C3)CC[C@@H](O)CC(=O)CC2. The van der Waals surface area contributed by atoms with Crippen LogP contribution in [0.15, 0.2) is 23.2 Å². The smallest absolute Gasteiger partial charge is 0.201 e. The number of nitrogens with two attached hydrogens (primary N) is 1. The summed E-state index contributed by atoms with van der Waals surface area (Å²) in [5.74, 6) is 8.46. The van der Waals surface area contributed by atoms with Crippen molar-refractivity contribution in [3.8, 4) is 34.8 Å². The van der Waals surface area contributed by atoms with Crippen molar-refractivity contribution >= 4 is 33.3 Å². The number of nitrogens with one attached hydrogen (secondary N) is 1. The molecule has 7 N–H and O–H groups in total. The monoisotopic (exact) mass is 683 g/mol. The van der Waals surface area contributed by atoms with E-state index < -0.39 is 12.4 Å².